The first kappa shape index (κ1) is 26.2. The molecule has 1 aromatic heterocycles. The zero-order valence-corrected chi connectivity index (χ0v) is 22.4. The molecule has 11 nitrogen and oxygen atoms in total. The number of nitrogens with zero attached hydrogens (tertiary/aromatic N) is 5. The minimum Gasteiger partial charge on any atom is -0.409 e. The molecule has 11 heteroatoms. The van der Waals surface area contributed by atoms with Gasteiger partial charge >= 0.3 is 0 Å². The number of piperidine rings is 1. The van der Waals surface area contributed by atoms with Gasteiger partial charge in [0.15, 0.2) is 11.6 Å². The highest BCUT2D eigenvalue weighted by Crippen LogP contribution is 2.40. The number of hydrogen-bond acceptors (Lipinski definition) is 9. The van der Waals surface area contributed by atoms with Crippen molar-refractivity contribution in [2.45, 2.75) is 70.0 Å². The number of carbonyl (C=O) groups excluding carboxylic acids is 2. The summed E-state index contributed by atoms with van der Waals surface area (Å²) in [6, 6.07) is 5.29. The Labute approximate surface area is 223 Å². The van der Waals surface area contributed by atoms with Crippen LogP contribution in [-0.4, -0.2) is 72.0 Å². The second-order valence-electron chi connectivity index (χ2n) is 10.6. The molecule has 4 N–H and O–H groups in total. The fourth-order valence-electron chi connectivity index (χ4n) is 5.85. The predicted octanol–water partition coefficient (Wildman–Crippen LogP) is 2.80. The van der Waals surface area contributed by atoms with Crippen molar-refractivity contribution in [2.24, 2.45) is 5.90 Å². The Kier molecular flexibility index (Phi) is 7.66. The van der Waals surface area contributed by atoms with Gasteiger partial charge in [0.1, 0.15) is 11.7 Å². The van der Waals surface area contributed by atoms with Gasteiger partial charge in [0.05, 0.1) is 11.9 Å². The number of hydrogen-bond donors (Lipinski definition) is 3. The maximum atomic E-state index is 13.1. The van der Waals surface area contributed by atoms with E-state index in [1.165, 1.54) is 0 Å². The summed E-state index contributed by atoms with van der Waals surface area (Å²) in [5.41, 5.74) is 1.72. The molecular weight excluding hydrogens is 484 g/mol. The van der Waals surface area contributed by atoms with Crippen LogP contribution in [0.15, 0.2) is 24.4 Å². The van der Waals surface area contributed by atoms with Crippen molar-refractivity contribution in [2.75, 3.05) is 42.3 Å². The number of likely N-dealkylation sites (tertiary alicyclic amines) is 1. The minimum absolute atomic E-state index is 0.0733. The van der Waals surface area contributed by atoms with E-state index in [-0.39, 0.29) is 29.9 Å². The van der Waals surface area contributed by atoms with Crippen LogP contribution >= 0.6 is 0 Å². The monoisotopic (exact) mass is 522 g/mol. The Morgan fingerprint density at radius 2 is 1.89 bits per heavy atom. The lowest BCUT2D eigenvalue weighted by Gasteiger charge is -2.43. The molecule has 5 rings (SSSR count). The lowest BCUT2D eigenvalue weighted by molar-refractivity contribution is -0.120. The number of benzene rings is 1. The second-order valence-corrected chi connectivity index (χ2v) is 10.6. The van der Waals surface area contributed by atoms with Crippen LogP contribution in [-0.2, 0) is 4.79 Å². The van der Waals surface area contributed by atoms with Gasteiger partial charge in [-0.25, -0.2) is 4.98 Å². The number of fused-ring (bicyclic) bond motifs is 1. The lowest BCUT2D eigenvalue weighted by atomic mass is 10.0. The Morgan fingerprint density at radius 3 is 2.58 bits per heavy atom. The van der Waals surface area contributed by atoms with E-state index >= 15 is 0 Å². The first-order valence-corrected chi connectivity index (χ1v) is 13.6. The second kappa shape index (κ2) is 11.1. The van der Waals surface area contributed by atoms with Crippen LogP contribution in [0.5, 0.6) is 5.75 Å². The van der Waals surface area contributed by atoms with Gasteiger partial charge in [-0.2, -0.15) is 10.9 Å². The third kappa shape index (κ3) is 5.12. The fraction of sp³-hybridized carbons (Fsp3) is 0.556. The van der Waals surface area contributed by atoms with Crippen molar-refractivity contribution >= 4 is 35.0 Å². The molecule has 1 unspecified atom stereocenters. The minimum atomic E-state index is -0.247. The van der Waals surface area contributed by atoms with E-state index in [1.54, 1.807) is 36.3 Å². The van der Waals surface area contributed by atoms with Gasteiger partial charge in [-0.3, -0.25) is 9.59 Å². The molecule has 0 bridgehead atoms. The summed E-state index contributed by atoms with van der Waals surface area (Å²) < 4.78 is 0. The highest BCUT2D eigenvalue weighted by Gasteiger charge is 2.41. The maximum Gasteiger partial charge on any atom is 0.251 e. The molecule has 2 amide bonds. The summed E-state index contributed by atoms with van der Waals surface area (Å²) >= 11 is 0. The summed E-state index contributed by atoms with van der Waals surface area (Å²) in [7, 11) is 3.87. The number of anilines is 4. The molecular formula is C27H38N8O3. The smallest absolute Gasteiger partial charge is 0.251 e. The first-order chi connectivity index (χ1) is 18.4. The van der Waals surface area contributed by atoms with Gasteiger partial charge in [-0.05, 0) is 70.4 Å². The maximum absolute atomic E-state index is 13.1. The Hall–Kier alpha value is -3.44. The summed E-state index contributed by atoms with van der Waals surface area (Å²) in [4.78, 5) is 46.6. The van der Waals surface area contributed by atoms with Crippen molar-refractivity contribution < 1.29 is 14.4 Å². The van der Waals surface area contributed by atoms with E-state index in [0.29, 0.717) is 35.1 Å². The molecule has 3 aliphatic rings. The molecule has 2 aliphatic heterocycles. The van der Waals surface area contributed by atoms with Gasteiger partial charge in [0.25, 0.3) is 5.91 Å². The largest absolute Gasteiger partial charge is 0.409 e. The van der Waals surface area contributed by atoms with Crippen LogP contribution in [0.3, 0.4) is 0 Å². The van der Waals surface area contributed by atoms with Crippen LogP contribution in [0.1, 0.15) is 62.2 Å². The molecule has 1 aromatic carbocycles. The molecule has 2 aromatic rings. The standard InChI is InChI=1S/C27H38N8O3/c1-4-21-26(37)34(3)22-16-29-27(32-24(22)35(21)19-7-5-6-8-19)31-20-10-9-17(15-23(20)38-28)25(36)30-18-11-13-33(2)14-12-18/h9-10,15-16,18-19,21H,4-8,11-14,28H2,1-3H3,(H,30,36)(H,29,31,32). The van der Waals surface area contributed by atoms with E-state index < -0.39 is 0 Å². The average Bonchev–Trinajstić information content (AvgIpc) is 3.46. The van der Waals surface area contributed by atoms with Crippen molar-refractivity contribution in [1.82, 2.24) is 20.2 Å². The van der Waals surface area contributed by atoms with Gasteiger partial charge < -0.3 is 30.2 Å². The van der Waals surface area contributed by atoms with Crippen LogP contribution in [0, 0.1) is 0 Å². The van der Waals surface area contributed by atoms with Gasteiger partial charge in [0.2, 0.25) is 11.9 Å². The van der Waals surface area contributed by atoms with Gasteiger partial charge in [0, 0.05) is 24.7 Å². The van der Waals surface area contributed by atoms with Crippen molar-refractivity contribution in [3.05, 3.63) is 30.0 Å². The summed E-state index contributed by atoms with van der Waals surface area (Å²) in [5, 5.41) is 6.32. The Morgan fingerprint density at radius 1 is 1.16 bits per heavy atom. The summed E-state index contributed by atoms with van der Waals surface area (Å²) in [6.07, 6.45) is 8.65. The molecule has 38 heavy (non-hydrogen) atoms. The molecule has 2 fully saturated rings. The number of carbonyl (C=O) groups is 2. The lowest BCUT2D eigenvalue weighted by Crippen LogP contribution is -2.55. The SMILES string of the molecule is CCC1C(=O)N(C)c2cnc(Nc3ccc(C(=O)NC4CCN(C)CC4)cc3ON)nc2N1C1CCCC1. The van der Waals surface area contributed by atoms with Crippen molar-refractivity contribution in [3.63, 3.8) is 0 Å². The number of aromatic nitrogens is 2. The average molecular weight is 523 g/mol. The van der Waals surface area contributed by atoms with Crippen LogP contribution in [0.25, 0.3) is 0 Å². The highest BCUT2D eigenvalue weighted by molar-refractivity contribution is 6.04. The summed E-state index contributed by atoms with van der Waals surface area (Å²) in [5.74, 6) is 6.95. The van der Waals surface area contributed by atoms with E-state index in [1.807, 2.05) is 6.92 Å². The molecule has 1 saturated heterocycles. The van der Waals surface area contributed by atoms with Crippen LogP contribution in [0.2, 0.25) is 0 Å². The fourth-order valence-corrected chi connectivity index (χ4v) is 5.85. The number of nitrogens with two attached hydrogens (primary N) is 1. The molecule has 1 aliphatic carbocycles. The van der Waals surface area contributed by atoms with Crippen molar-refractivity contribution in [1.29, 1.82) is 0 Å². The van der Waals surface area contributed by atoms with E-state index in [4.69, 9.17) is 15.7 Å². The third-order valence-corrected chi connectivity index (χ3v) is 8.08. The Bertz CT molecular complexity index is 1180. The zero-order valence-electron chi connectivity index (χ0n) is 22.4. The highest BCUT2D eigenvalue weighted by atomic mass is 16.6. The topological polar surface area (TPSA) is 129 Å². The molecule has 1 atom stereocenters. The number of nitrogens with one attached hydrogen (secondary N) is 2. The number of amides is 2. The van der Waals surface area contributed by atoms with E-state index in [2.05, 4.69) is 32.5 Å². The third-order valence-electron chi connectivity index (χ3n) is 8.08. The zero-order chi connectivity index (χ0) is 26.8. The molecule has 1 saturated carbocycles. The molecule has 0 radical (unpaired) electrons. The molecule has 0 spiro atoms. The molecule has 204 valence electrons. The van der Waals surface area contributed by atoms with Gasteiger partial charge in [-0.15, -0.1) is 0 Å². The predicted molar refractivity (Wildman–Crippen MR) is 147 cm³/mol. The Balaban J connectivity index is 1.38. The van der Waals surface area contributed by atoms with Crippen LogP contribution < -0.4 is 31.2 Å². The van der Waals surface area contributed by atoms with Gasteiger partial charge in [-0.1, -0.05) is 19.8 Å². The summed E-state index contributed by atoms with van der Waals surface area (Å²) in [6.45, 7) is 3.97. The van der Waals surface area contributed by atoms with Crippen molar-refractivity contribution in [3.8, 4) is 5.75 Å². The van der Waals surface area contributed by atoms with Crippen LogP contribution in [0.4, 0.5) is 23.1 Å². The molecule has 3 heterocycles. The van der Waals surface area contributed by atoms with E-state index in [0.717, 1.165) is 57.4 Å². The normalized spacial score (nSPS) is 20.9. The quantitative estimate of drug-likeness (QED) is 0.470. The number of rotatable bonds is 7. The first-order valence-electron chi connectivity index (χ1n) is 13.6. The van der Waals surface area contributed by atoms with E-state index in [9.17, 15) is 9.59 Å². The number of likely N-dealkylation sites (N-methyl/N-ethyl adjacent to an activating group) is 1.